The van der Waals surface area contributed by atoms with Crippen molar-refractivity contribution in [1.29, 1.82) is 5.26 Å². The van der Waals surface area contributed by atoms with Gasteiger partial charge in [-0.1, -0.05) is 12.1 Å². The standard InChI is InChI=1S/C12H13NS/c1-12(8-13)7-11(12)9-3-5-10(14-2)6-4-9/h3-6,11H,7H2,1-2H3. The van der Waals surface area contributed by atoms with E-state index in [-0.39, 0.29) is 5.41 Å². The van der Waals surface area contributed by atoms with Gasteiger partial charge in [-0.05, 0) is 37.3 Å². The molecule has 0 radical (unpaired) electrons. The Hall–Kier alpha value is -0.940. The van der Waals surface area contributed by atoms with Crippen molar-refractivity contribution in [3.63, 3.8) is 0 Å². The Morgan fingerprint density at radius 2 is 2.07 bits per heavy atom. The molecule has 1 saturated carbocycles. The summed E-state index contributed by atoms with van der Waals surface area (Å²) in [5.41, 5.74) is 1.22. The van der Waals surface area contributed by atoms with E-state index < -0.39 is 0 Å². The number of benzene rings is 1. The van der Waals surface area contributed by atoms with Crippen LogP contribution >= 0.6 is 11.8 Å². The topological polar surface area (TPSA) is 23.8 Å². The minimum atomic E-state index is -0.0964. The fraction of sp³-hybridized carbons (Fsp3) is 0.417. The van der Waals surface area contributed by atoms with Gasteiger partial charge in [-0.3, -0.25) is 0 Å². The van der Waals surface area contributed by atoms with Crippen molar-refractivity contribution in [2.24, 2.45) is 5.41 Å². The molecule has 0 aromatic heterocycles. The third-order valence-electron chi connectivity index (χ3n) is 3.01. The predicted octanol–water partition coefficient (Wildman–Crippen LogP) is 3.43. The van der Waals surface area contributed by atoms with Crippen LogP contribution < -0.4 is 0 Å². The van der Waals surface area contributed by atoms with Crippen molar-refractivity contribution >= 4 is 11.8 Å². The first kappa shape index (κ1) is 9.61. The number of nitrogens with zero attached hydrogens (tertiary/aromatic N) is 1. The van der Waals surface area contributed by atoms with Crippen molar-refractivity contribution in [3.05, 3.63) is 29.8 Å². The highest BCUT2D eigenvalue weighted by Gasteiger charge is 2.51. The van der Waals surface area contributed by atoms with Crippen LogP contribution in [0.4, 0.5) is 0 Å². The molecule has 72 valence electrons. The maximum absolute atomic E-state index is 8.94. The van der Waals surface area contributed by atoms with Gasteiger partial charge in [0, 0.05) is 10.8 Å². The monoisotopic (exact) mass is 203 g/mol. The molecular formula is C12H13NS. The number of nitriles is 1. The first-order valence-corrected chi connectivity index (χ1v) is 5.97. The molecule has 2 rings (SSSR count). The molecule has 2 heteroatoms. The molecule has 0 amide bonds. The van der Waals surface area contributed by atoms with Crippen LogP contribution in [0.3, 0.4) is 0 Å². The van der Waals surface area contributed by atoms with Gasteiger partial charge in [0.05, 0.1) is 11.5 Å². The molecule has 2 atom stereocenters. The van der Waals surface area contributed by atoms with E-state index in [9.17, 15) is 0 Å². The Balaban J connectivity index is 2.17. The maximum atomic E-state index is 8.94. The van der Waals surface area contributed by atoms with Gasteiger partial charge in [-0.15, -0.1) is 11.8 Å². The Kier molecular flexibility index (Phi) is 2.28. The summed E-state index contributed by atoms with van der Waals surface area (Å²) in [6.07, 6.45) is 3.09. The highest BCUT2D eigenvalue weighted by molar-refractivity contribution is 7.98. The van der Waals surface area contributed by atoms with Crippen LogP contribution in [0.1, 0.15) is 24.8 Å². The number of thioether (sulfide) groups is 1. The van der Waals surface area contributed by atoms with Gasteiger partial charge in [0.2, 0.25) is 0 Å². The van der Waals surface area contributed by atoms with Crippen LogP contribution in [0.2, 0.25) is 0 Å². The molecule has 0 aliphatic heterocycles. The van der Waals surface area contributed by atoms with Crippen LogP contribution in [-0.4, -0.2) is 6.26 Å². The van der Waals surface area contributed by atoms with Crippen molar-refractivity contribution < 1.29 is 0 Å². The molecule has 0 spiro atoms. The summed E-state index contributed by atoms with van der Waals surface area (Å²) in [5, 5.41) is 8.94. The molecule has 0 heterocycles. The molecule has 2 unspecified atom stereocenters. The Morgan fingerprint density at radius 1 is 1.43 bits per heavy atom. The van der Waals surface area contributed by atoms with Crippen LogP contribution in [0.5, 0.6) is 0 Å². The number of hydrogen-bond donors (Lipinski definition) is 0. The van der Waals surface area contributed by atoms with Crippen molar-refractivity contribution in [2.45, 2.75) is 24.2 Å². The second kappa shape index (κ2) is 3.33. The Labute approximate surface area is 89.1 Å². The average Bonchev–Trinajstić information content (AvgIpc) is 2.92. The van der Waals surface area contributed by atoms with Crippen molar-refractivity contribution in [2.75, 3.05) is 6.26 Å². The van der Waals surface area contributed by atoms with E-state index in [4.69, 9.17) is 5.26 Å². The quantitative estimate of drug-likeness (QED) is 0.688. The summed E-state index contributed by atoms with van der Waals surface area (Å²) < 4.78 is 0. The third kappa shape index (κ3) is 1.53. The van der Waals surface area contributed by atoms with E-state index in [0.29, 0.717) is 5.92 Å². The maximum Gasteiger partial charge on any atom is 0.0693 e. The van der Waals surface area contributed by atoms with Crippen LogP contribution in [0.15, 0.2) is 29.2 Å². The molecular weight excluding hydrogens is 190 g/mol. The molecule has 1 aromatic carbocycles. The summed E-state index contributed by atoms with van der Waals surface area (Å²) in [7, 11) is 0. The Bertz CT molecular complexity index is 376. The molecule has 0 N–H and O–H groups in total. The van der Waals surface area contributed by atoms with Crippen LogP contribution in [-0.2, 0) is 0 Å². The van der Waals surface area contributed by atoms with Crippen molar-refractivity contribution in [1.82, 2.24) is 0 Å². The summed E-state index contributed by atoms with van der Waals surface area (Å²) in [6, 6.07) is 11.0. The molecule has 1 aliphatic rings. The number of hydrogen-bond acceptors (Lipinski definition) is 2. The van der Waals surface area contributed by atoms with Gasteiger partial charge in [0.25, 0.3) is 0 Å². The summed E-state index contributed by atoms with van der Waals surface area (Å²) in [4.78, 5) is 1.29. The second-order valence-electron chi connectivity index (χ2n) is 4.06. The highest BCUT2D eigenvalue weighted by atomic mass is 32.2. The van der Waals surface area contributed by atoms with E-state index in [1.165, 1.54) is 10.5 Å². The summed E-state index contributed by atoms with van der Waals surface area (Å²) in [6.45, 7) is 2.04. The highest BCUT2D eigenvalue weighted by Crippen LogP contribution is 2.58. The minimum absolute atomic E-state index is 0.0964. The van der Waals surface area contributed by atoms with E-state index in [1.807, 2.05) is 6.92 Å². The van der Waals surface area contributed by atoms with Gasteiger partial charge < -0.3 is 0 Å². The molecule has 0 saturated heterocycles. The van der Waals surface area contributed by atoms with E-state index >= 15 is 0 Å². The predicted molar refractivity (Wildman–Crippen MR) is 59.3 cm³/mol. The van der Waals surface area contributed by atoms with Gasteiger partial charge in [-0.2, -0.15) is 5.26 Å². The molecule has 14 heavy (non-hydrogen) atoms. The fourth-order valence-electron chi connectivity index (χ4n) is 1.81. The lowest BCUT2D eigenvalue weighted by atomic mass is 10.0. The minimum Gasteiger partial charge on any atom is -0.198 e. The smallest absolute Gasteiger partial charge is 0.0693 e. The third-order valence-corrected chi connectivity index (χ3v) is 3.75. The molecule has 1 aliphatic carbocycles. The van der Waals surface area contributed by atoms with E-state index in [0.717, 1.165) is 6.42 Å². The average molecular weight is 203 g/mol. The lowest BCUT2D eigenvalue weighted by Gasteiger charge is -2.02. The second-order valence-corrected chi connectivity index (χ2v) is 4.94. The molecule has 1 nitrogen and oxygen atoms in total. The SMILES string of the molecule is CSc1ccc(C2CC2(C)C#N)cc1. The van der Waals surface area contributed by atoms with E-state index in [2.05, 4.69) is 36.6 Å². The first-order chi connectivity index (χ1) is 6.69. The molecule has 0 bridgehead atoms. The lowest BCUT2D eigenvalue weighted by Crippen LogP contribution is -1.92. The lowest BCUT2D eigenvalue weighted by molar-refractivity contribution is 0.727. The van der Waals surface area contributed by atoms with E-state index in [1.54, 1.807) is 11.8 Å². The first-order valence-electron chi connectivity index (χ1n) is 4.75. The summed E-state index contributed by atoms with van der Waals surface area (Å²) in [5.74, 6) is 0.461. The normalized spacial score (nSPS) is 29.6. The zero-order valence-corrected chi connectivity index (χ0v) is 9.27. The van der Waals surface area contributed by atoms with Gasteiger partial charge in [0.1, 0.15) is 0 Å². The zero-order chi connectivity index (χ0) is 10.2. The van der Waals surface area contributed by atoms with Crippen LogP contribution in [0, 0.1) is 16.7 Å². The van der Waals surface area contributed by atoms with Gasteiger partial charge in [-0.25, -0.2) is 0 Å². The zero-order valence-electron chi connectivity index (χ0n) is 8.45. The molecule has 1 aromatic rings. The number of rotatable bonds is 2. The fourth-order valence-corrected chi connectivity index (χ4v) is 2.22. The Morgan fingerprint density at radius 3 is 2.50 bits per heavy atom. The van der Waals surface area contributed by atoms with Gasteiger partial charge >= 0.3 is 0 Å². The largest absolute Gasteiger partial charge is 0.198 e. The molecule has 1 fully saturated rings. The van der Waals surface area contributed by atoms with Crippen molar-refractivity contribution in [3.8, 4) is 6.07 Å². The summed E-state index contributed by atoms with van der Waals surface area (Å²) >= 11 is 1.75. The van der Waals surface area contributed by atoms with Gasteiger partial charge in [0.15, 0.2) is 0 Å². The van der Waals surface area contributed by atoms with Crippen LogP contribution in [0.25, 0.3) is 0 Å².